The Kier molecular flexibility index (Phi) is 5.49. The summed E-state index contributed by atoms with van der Waals surface area (Å²) in [6.45, 7) is 0. The second-order valence-corrected chi connectivity index (χ2v) is 4.27. The van der Waals surface area contributed by atoms with E-state index < -0.39 is 5.97 Å². The summed E-state index contributed by atoms with van der Waals surface area (Å²) >= 11 is 0. The number of unbranched alkanes of at least 4 members (excludes halogenated alkanes) is 1. The van der Waals surface area contributed by atoms with E-state index >= 15 is 0 Å². The molecule has 0 aliphatic heterocycles. The number of hydrogen-bond donors (Lipinski definition) is 3. The smallest absolute Gasteiger partial charge is 0.303 e. The molecule has 4 nitrogen and oxygen atoms in total. The predicted molar refractivity (Wildman–Crippen MR) is 65.9 cm³/mol. The van der Waals surface area contributed by atoms with Crippen LogP contribution in [0.15, 0.2) is 24.3 Å². The Balaban J connectivity index is 2.22. The van der Waals surface area contributed by atoms with Crippen LogP contribution in [0.5, 0.6) is 5.75 Å². The highest BCUT2D eigenvalue weighted by molar-refractivity contribution is 5.66. The first-order chi connectivity index (χ1) is 8.08. The van der Waals surface area contributed by atoms with Crippen molar-refractivity contribution in [3.8, 4) is 5.75 Å². The average Bonchev–Trinajstić information content (AvgIpc) is 2.27. The molecule has 4 heteroatoms. The Hall–Kier alpha value is -1.55. The van der Waals surface area contributed by atoms with E-state index in [9.17, 15) is 4.79 Å². The lowest BCUT2D eigenvalue weighted by atomic mass is 10.0. The van der Waals surface area contributed by atoms with Crippen LogP contribution in [-0.2, 0) is 11.2 Å². The van der Waals surface area contributed by atoms with Gasteiger partial charge in [-0.2, -0.15) is 0 Å². The molecule has 0 amide bonds. The van der Waals surface area contributed by atoms with Gasteiger partial charge in [0, 0.05) is 12.5 Å². The molecule has 94 valence electrons. The Morgan fingerprint density at radius 2 is 1.88 bits per heavy atom. The van der Waals surface area contributed by atoms with Crippen LogP contribution in [0.25, 0.3) is 0 Å². The number of nitrogens with two attached hydrogens (primary N) is 1. The zero-order chi connectivity index (χ0) is 12.7. The monoisotopic (exact) mass is 237 g/mol. The fraction of sp³-hybridized carbons (Fsp3) is 0.462. The molecule has 0 aliphatic carbocycles. The van der Waals surface area contributed by atoms with Gasteiger partial charge in [0.1, 0.15) is 5.75 Å². The number of benzene rings is 1. The molecule has 17 heavy (non-hydrogen) atoms. The molecule has 1 rings (SSSR count). The lowest BCUT2D eigenvalue weighted by Gasteiger charge is -2.11. The zero-order valence-corrected chi connectivity index (χ0v) is 9.80. The second-order valence-electron chi connectivity index (χ2n) is 4.27. The molecule has 0 aliphatic rings. The van der Waals surface area contributed by atoms with Gasteiger partial charge in [0.15, 0.2) is 0 Å². The fourth-order valence-corrected chi connectivity index (χ4v) is 1.72. The van der Waals surface area contributed by atoms with Crippen LogP contribution in [0.1, 0.15) is 31.2 Å². The van der Waals surface area contributed by atoms with E-state index in [1.54, 1.807) is 12.1 Å². The molecular formula is C13H19NO3. The molecule has 4 N–H and O–H groups in total. The minimum Gasteiger partial charge on any atom is -0.508 e. The Morgan fingerprint density at radius 1 is 1.24 bits per heavy atom. The van der Waals surface area contributed by atoms with Crippen LogP contribution in [0.3, 0.4) is 0 Å². The van der Waals surface area contributed by atoms with E-state index in [1.165, 1.54) is 0 Å². The van der Waals surface area contributed by atoms with Crippen LogP contribution < -0.4 is 5.73 Å². The molecule has 1 unspecified atom stereocenters. The number of aromatic hydroxyl groups is 1. The van der Waals surface area contributed by atoms with Crippen LogP contribution in [0.2, 0.25) is 0 Å². The third-order valence-corrected chi connectivity index (χ3v) is 2.65. The van der Waals surface area contributed by atoms with Crippen LogP contribution in [0.4, 0.5) is 0 Å². The van der Waals surface area contributed by atoms with Gasteiger partial charge in [0.2, 0.25) is 0 Å². The van der Waals surface area contributed by atoms with E-state index in [0.29, 0.717) is 6.42 Å². The first-order valence-electron chi connectivity index (χ1n) is 5.83. The van der Waals surface area contributed by atoms with E-state index in [1.807, 2.05) is 12.1 Å². The standard InChI is InChI=1S/C13H19NO3/c14-11(3-1-2-4-13(16)17)9-10-5-7-12(15)8-6-10/h5-8,11,15H,1-4,9,14H2,(H,16,17). The summed E-state index contributed by atoms with van der Waals surface area (Å²) in [5.41, 5.74) is 7.04. The lowest BCUT2D eigenvalue weighted by Crippen LogP contribution is -2.22. The average molecular weight is 237 g/mol. The maximum atomic E-state index is 10.3. The van der Waals surface area contributed by atoms with Crippen molar-refractivity contribution in [2.24, 2.45) is 5.73 Å². The molecule has 1 atom stereocenters. The molecule has 0 fully saturated rings. The number of phenols is 1. The van der Waals surface area contributed by atoms with Crippen LogP contribution in [-0.4, -0.2) is 22.2 Å². The minimum atomic E-state index is -0.753. The first-order valence-corrected chi connectivity index (χ1v) is 5.83. The van der Waals surface area contributed by atoms with Gasteiger partial charge >= 0.3 is 5.97 Å². The summed E-state index contributed by atoms with van der Waals surface area (Å²) < 4.78 is 0. The third-order valence-electron chi connectivity index (χ3n) is 2.65. The maximum Gasteiger partial charge on any atom is 0.303 e. The van der Waals surface area contributed by atoms with E-state index in [-0.39, 0.29) is 18.2 Å². The molecule has 0 radical (unpaired) electrons. The summed E-state index contributed by atoms with van der Waals surface area (Å²) in [5, 5.41) is 17.6. The molecule has 0 saturated carbocycles. The number of aliphatic carboxylic acids is 1. The van der Waals surface area contributed by atoms with Crippen molar-refractivity contribution in [3.05, 3.63) is 29.8 Å². The summed E-state index contributed by atoms with van der Waals surface area (Å²) in [6.07, 6.45) is 3.32. The largest absolute Gasteiger partial charge is 0.508 e. The van der Waals surface area contributed by atoms with Gasteiger partial charge in [0.25, 0.3) is 0 Å². The number of phenolic OH excluding ortho intramolecular Hbond substituents is 1. The van der Waals surface area contributed by atoms with Crippen LogP contribution >= 0.6 is 0 Å². The number of carbonyl (C=O) groups is 1. The Morgan fingerprint density at radius 3 is 2.47 bits per heavy atom. The summed E-state index contributed by atoms with van der Waals surface area (Å²) in [6, 6.07) is 7.05. The Labute approximate surface area is 101 Å². The van der Waals surface area contributed by atoms with Gasteiger partial charge < -0.3 is 15.9 Å². The highest BCUT2D eigenvalue weighted by Gasteiger charge is 2.05. The van der Waals surface area contributed by atoms with Gasteiger partial charge in [-0.25, -0.2) is 0 Å². The SMILES string of the molecule is NC(CCCCC(=O)O)Cc1ccc(O)cc1. The lowest BCUT2D eigenvalue weighted by molar-refractivity contribution is -0.137. The van der Waals surface area contributed by atoms with Gasteiger partial charge in [-0.3, -0.25) is 4.79 Å². The van der Waals surface area contributed by atoms with Crippen molar-refractivity contribution in [3.63, 3.8) is 0 Å². The third kappa shape index (κ3) is 5.92. The second kappa shape index (κ2) is 6.91. The number of rotatable bonds is 7. The minimum absolute atomic E-state index is 0.0494. The van der Waals surface area contributed by atoms with Gasteiger partial charge in [0.05, 0.1) is 0 Å². The van der Waals surface area contributed by atoms with Crippen molar-refractivity contribution in [2.45, 2.75) is 38.1 Å². The van der Waals surface area contributed by atoms with Crippen molar-refractivity contribution < 1.29 is 15.0 Å². The van der Waals surface area contributed by atoms with E-state index in [2.05, 4.69) is 0 Å². The fourth-order valence-electron chi connectivity index (χ4n) is 1.72. The normalized spacial score (nSPS) is 12.3. The van der Waals surface area contributed by atoms with E-state index in [4.69, 9.17) is 15.9 Å². The molecule has 0 aromatic heterocycles. The molecule has 0 saturated heterocycles. The zero-order valence-electron chi connectivity index (χ0n) is 9.80. The molecule has 0 heterocycles. The highest BCUT2D eigenvalue weighted by Crippen LogP contribution is 2.12. The predicted octanol–water partition coefficient (Wildman–Crippen LogP) is 1.91. The number of carboxylic acids is 1. The van der Waals surface area contributed by atoms with Crippen molar-refractivity contribution in [1.29, 1.82) is 0 Å². The molecule has 1 aromatic rings. The molecule has 1 aromatic carbocycles. The van der Waals surface area contributed by atoms with Crippen LogP contribution in [0, 0.1) is 0 Å². The molecule has 0 bridgehead atoms. The quantitative estimate of drug-likeness (QED) is 0.632. The topological polar surface area (TPSA) is 83.6 Å². The van der Waals surface area contributed by atoms with Crippen molar-refractivity contribution in [1.82, 2.24) is 0 Å². The number of hydrogen-bond acceptors (Lipinski definition) is 3. The molecule has 0 spiro atoms. The summed E-state index contributed by atoms with van der Waals surface area (Å²) in [4.78, 5) is 10.3. The summed E-state index contributed by atoms with van der Waals surface area (Å²) in [5.74, 6) is -0.499. The maximum absolute atomic E-state index is 10.3. The first kappa shape index (κ1) is 13.5. The Bertz CT molecular complexity index is 348. The highest BCUT2D eigenvalue weighted by atomic mass is 16.4. The van der Waals surface area contributed by atoms with E-state index in [0.717, 1.165) is 24.8 Å². The van der Waals surface area contributed by atoms with Crippen molar-refractivity contribution >= 4 is 5.97 Å². The van der Waals surface area contributed by atoms with Gasteiger partial charge in [-0.15, -0.1) is 0 Å². The number of carboxylic acid groups (broad SMARTS) is 1. The van der Waals surface area contributed by atoms with Gasteiger partial charge in [-0.05, 0) is 37.0 Å². The van der Waals surface area contributed by atoms with Gasteiger partial charge in [-0.1, -0.05) is 18.6 Å². The van der Waals surface area contributed by atoms with Crippen molar-refractivity contribution in [2.75, 3.05) is 0 Å². The summed E-state index contributed by atoms with van der Waals surface area (Å²) in [7, 11) is 0. The molecular weight excluding hydrogens is 218 g/mol.